The summed E-state index contributed by atoms with van der Waals surface area (Å²) in [5, 5.41) is 0.191. The number of rotatable bonds is 4. The maximum absolute atomic E-state index is 12.1. The first kappa shape index (κ1) is 13.9. The molecule has 0 radical (unpaired) electrons. The Kier molecular flexibility index (Phi) is 4.09. The lowest BCUT2D eigenvalue weighted by molar-refractivity contribution is 0.581. The van der Waals surface area contributed by atoms with Crippen molar-refractivity contribution in [3.8, 4) is 0 Å². The van der Waals surface area contributed by atoms with E-state index in [-0.39, 0.29) is 16.5 Å². The molecule has 0 aliphatic carbocycles. The van der Waals surface area contributed by atoms with Gasteiger partial charge in [-0.25, -0.2) is 13.1 Å². The van der Waals surface area contributed by atoms with Crippen molar-refractivity contribution in [1.29, 1.82) is 0 Å². The van der Waals surface area contributed by atoms with Crippen molar-refractivity contribution in [3.05, 3.63) is 59.1 Å². The predicted octanol–water partition coefficient (Wildman–Crippen LogP) is 2.40. The van der Waals surface area contributed by atoms with Crippen LogP contribution in [0.25, 0.3) is 0 Å². The lowest BCUT2D eigenvalue weighted by atomic mass is 10.2. The minimum absolute atomic E-state index is 0.0613. The number of nitrogens with one attached hydrogen (secondary N) is 1. The molecule has 0 spiro atoms. The zero-order chi connectivity index (χ0) is 13.9. The van der Waals surface area contributed by atoms with Crippen LogP contribution in [0.15, 0.2) is 53.4 Å². The van der Waals surface area contributed by atoms with E-state index in [4.69, 9.17) is 17.3 Å². The molecule has 2 aromatic carbocycles. The van der Waals surface area contributed by atoms with Gasteiger partial charge in [-0.1, -0.05) is 41.9 Å². The van der Waals surface area contributed by atoms with Crippen LogP contribution in [0, 0.1) is 0 Å². The van der Waals surface area contributed by atoms with Gasteiger partial charge in [-0.15, -0.1) is 0 Å². The van der Waals surface area contributed by atoms with Gasteiger partial charge in [-0.3, -0.25) is 0 Å². The number of nitrogen functional groups attached to an aromatic ring is 1. The van der Waals surface area contributed by atoms with Gasteiger partial charge in [0.1, 0.15) is 4.90 Å². The fourth-order valence-corrected chi connectivity index (χ4v) is 3.13. The van der Waals surface area contributed by atoms with Crippen LogP contribution in [-0.4, -0.2) is 8.42 Å². The molecule has 0 heterocycles. The molecule has 3 N–H and O–H groups in total. The molecule has 6 heteroatoms. The van der Waals surface area contributed by atoms with E-state index in [0.717, 1.165) is 5.56 Å². The molecular weight excluding hydrogens is 284 g/mol. The number of para-hydroxylation sites is 1. The molecule has 0 amide bonds. The summed E-state index contributed by atoms with van der Waals surface area (Å²) in [5.74, 6) is 0. The van der Waals surface area contributed by atoms with E-state index in [9.17, 15) is 8.42 Å². The van der Waals surface area contributed by atoms with E-state index in [2.05, 4.69) is 4.72 Å². The van der Waals surface area contributed by atoms with Gasteiger partial charge in [0.05, 0.1) is 5.02 Å². The van der Waals surface area contributed by atoms with Gasteiger partial charge in [0.25, 0.3) is 0 Å². The largest absolute Gasteiger partial charge is 0.398 e. The molecule has 4 nitrogen and oxygen atoms in total. The lowest BCUT2D eigenvalue weighted by Gasteiger charge is -2.09. The first-order valence-corrected chi connectivity index (χ1v) is 7.44. The summed E-state index contributed by atoms with van der Waals surface area (Å²) in [6.07, 6.45) is 0. The molecule has 0 bridgehead atoms. The third-order valence-corrected chi connectivity index (χ3v) is 4.53. The predicted molar refractivity (Wildman–Crippen MR) is 76.3 cm³/mol. The Hall–Kier alpha value is -1.56. The van der Waals surface area contributed by atoms with Crippen molar-refractivity contribution in [3.63, 3.8) is 0 Å². The first-order chi connectivity index (χ1) is 9.00. The standard InChI is InChI=1S/C13H13ClN2O2S/c14-11-6-2-4-8-13(11)19(17,18)16-9-10-5-1-3-7-12(10)15/h1-8,16H,9,15H2. The SMILES string of the molecule is Nc1ccccc1CNS(=O)(=O)c1ccccc1Cl. The highest BCUT2D eigenvalue weighted by Crippen LogP contribution is 2.20. The third-order valence-electron chi connectivity index (χ3n) is 2.63. The van der Waals surface area contributed by atoms with E-state index >= 15 is 0 Å². The first-order valence-electron chi connectivity index (χ1n) is 5.58. The Labute approximate surface area is 117 Å². The average Bonchev–Trinajstić information content (AvgIpc) is 2.38. The second-order valence-electron chi connectivity index (χ2n) is 3.95. The van der Waals surface area contributed by atoms with Crippen LogP contribution in [0.5, 0.6) is 0 Å². The molecule has 0 unspecified atom stereocenters. The van der Waals surface area contributed by atoms with Crippen LogP contribution in [0.2, 0.25) is 5.02 Å². The summed E-state index contributed by atoms with van der Waals surface area (Å²) in [7, 11) is -3.64. The minimum Gasteiger partial charge on any atom is -0.398 e. The Morgan fingerprint density at radius 3 is 2.37 bits per heavy atom. The third kappa shape index (κ3) is 3.26. The number of benzene rings is 2. The molecule has 19 heavy (non-hydrogen) atoms. The van der Waals surface area contributed by atoms with Crippen LogP contribution in [0.1, 0.15) is 5.56 Å². The monoisotopic (exact) mass is 296 g/mol. The summed E-state index contributed by atoms with van der Waals surface area (Å²) >= 11 is 5.88. The van der Waals surface area contributed by atoms with Crippen molar-refractivity contribution in [2.45, 2.75) is 11.4 Å². The summed E-state index contributed by atoms with van der Waals surface area (Å²) in [6.45, 7) is 0.125. The topological polar surface area (TPSA) is 72.2 Å². The smallest absolute Gasteiger partial charge is 0.242 e. The van der Waals surface area contributed by atoms with Gasteiger partial charge < -0.3 is 5.73 Å². The van der Waals surface area contributed by atoms with Crippen molar-refractivity contribution in [2.24, 2.45) is 0 Å². The molecule has 0 saturated carbocycles. The van der Waals surface area contributed by atoms with Crippen LogP contribution < -0.4 is 10.5 Å². The zero-order valence-corrected chi connectivity index (χ0v) is 11.6. The molecule has 0 aromatic heterocycles. The Morgan fingerprint density at radius 2 is 1.68 bits per heavy atom. The summed E-state index contributed by atoms with van der Waals surface area (Å²) in [5.41, 5.74) is 7.02. The molecule has 2 rings (SSSR count). The van der Waals surface area contributed by atoms with Gasteiger partial charge in [-0.2, -0.15) is 0 Å². The van der Waals surface area contributed by atoms with Gasteiger partial charge in [0, 0.05) is 12.2 Å². The van der Waals surface area contributed by atoms with Crippen LogP contribution >= 0.6 is 11.6 Å². The lowest BCUT2D eigenvalue weighted by Crippen LogP contribution is -2.24. The Bertz CT molecular complexity index is 687. The average molecular weight is 297 g/mol. The highest BCUT2D eigenvalue weighted by atomic mass is 35.5. The quantitative estimate of drug-likeness (QED) is 0.851. The van der Waals surface area contributed by atoms with Gasteiger partial charge in [-0.05, 0) is 23.8 Å². The highest BCUT2D eigenvalue weighted by Gasteiger charge is 2.17. The number of hydrogen-bond acceptors (Lipinski definition) is 3. The van der Waals surface area contributed by atoms with E-state index in [1.807, 2.05) is 0 Å². The maximum atomic E-state index is 12.1. The summed E-state index contributed by atoms with van der Waals surface area (Å²) < 4.78 is 26.7. The van der Waals surface area contributed by atoms with Gasteiger partial charge in [0.2, 0.25) is 10.0 Å². The number of sulfonamides is 1. The number of anilines is 1. The summed E-state index contributed by atoms with van der Waals surface area (Å²) in [6, 6.07) is 13.4. The summed E-state index contributed by atoms with van der Waals surface area (Å²) in [4.78, 5) is 0.0613. The van der Waals surface area contributed by atoms with Crippen molar-refractivity contribution in [1.82, 2.24) is 4.72 Å². The van der Waals surface area contributed by atoms with Crippen LogP contribution in [0.3, 0.4) is 0 Å². The zero-order valence-electron chi connectivity index (χ0n) is 10.0. The van der Waals surface area contributed by atoms with E-state index < -0.39 is 10.0 Å². The van der Waals surface area contributed by atoms with Crippen LogP contribution in [0.4, 0.5) is 5.69 Å². The second kappa shape index (κ2) is 5.61. The second-order valence-corrected chi connectivity index (χ2v) is 6.10. The molecule has 0 aliphatic heterocycles. The highest BCUT2D eigenvalue weighted by molar-refractivity contribution is 7.89. The molecule has 0 saturated heterocycles. The fraction of sp³-hybridized carbons (Fsp3) is 0.0769. The molecule has 0 atom stereocenters. The fourth-order valence-electron chi connectivity index (χ4n) is 1.61. The molecule has 0 fully saturated rings. The van der Waals surface area contributed by atoms with Gasteiger partial charge in [0.15, 0.2) is 0 Å². The molecule has 100 valence electrons. The van der Waals surface area contributed by atoms with Crippen molar-refractivity contribution in [2.75, 3.05) is 5.73 Å². The number of hydrogen-bond donors (Lipinski definition) is 2. The Morgan fingerprint density at radius 1 is 1.05 bits per heavy atom. The Balaban J connectivity index is 2.20. The maximum Gasteiger partial charge on any atom is 0.242 e. The molecular formula is C13H13ClN2O2S. The van der Waals surface area contributed by atoms with E-state index in [0.29, 0.717) is 5.69 Å². The van der Waals surface area contributed by atoms with E-state index in [1.165, 1.54) is 12.1 Å². The minimum atomic E-state index is -3.64. The van der Waals surface area contributed by atoms with Crippen molar-refractivity contribution >= 4 is 27.3 Å². The number of nitrogens with two attached hydrogens (primary N) is 1. The molecule has 0 aliphatic rings. The van der Waals surface area contributed by atoms with Gasteiger partial charge >= 0.3 is 0 Å². The normalized spacial score (nSPS) is 11.4. The van der Waals surface area contributed by atoms with Crippen molar-refractivity contribution < 1.29 is 8.42 Å². The molecule has 2 aromatic rings. The van der Waals surface area contributed by atoms with Crippen LogP contribution in [-0.2, 0) is 16.6 Å². The number of halogens is 1. The van der Waals surface area contributed by atoms with E-state index in [1.54, 1.807) is 36.4 Å².